The summed E-state index contributed by atoms with van der Waals surface area (Å²) >= 11 is 0. The zero-order valence-electron chi connectivity index (χ0n) is 12.2. The largest absolute Gasteiger partial charge is 0.297 e. The SMILES string of the molecule is CCCCC(C)N(CCC#N)C(C)CCCC. The zero-order valence-corrected chi connectivity index (χ0v) is 12.2. The quantitative estimate of drug-likeness (QED) is 0.565. The summed E-state index contributed by atoms with van der Waals surface area (Å²) in [5.41, 5.74) is 0. The van der Waals surface area contributed by atoms with Crippen LogP contribution in [0, 0.1) is 11.3 Å². The van der Waals surface area contributed by atoms with Crippen LogP contribution in [-0.4, -0.2) is 23.5 Å². The Morgan fingerprint density at radius 3 is 1.82 bits per heavy atom. The second-order valence-corrected chi connectivity index (χ2v) is 5.13. The van der Waals surface area contributed by atoms with Crippen molar-refractivity contribution < 1.29 is 0 Å². The molecule has 100 valence electrons. The summed E-state index contributed by atoms with van der Waals surface area (Å²) in [5.74, 6) is 0. The third-order valence-corrected chi connectivity index (χ3v) is 3.57. The van der Waals surface area contributed by atoms with Crippen LogP contribution in [-0.2, 0) is 0 Å². The summed E-state index contributed by atoms with van der Waals surface area (Å²) in [6.07, 6.45) is 8.30. The van der Waals surface area contributed by atoms with Crippen LogP contribution in [0.15, 0.2) is 0 Å². The van der Waals surface area contributed by atoms with E-state index in [0.29, 0.717) is 18.5 Å². The Kier molecular flexibility index (Phi) is 10.3. The molecule has 0 aliphatic rings. The molecule has 0 amide bonds. The average molecular weight is 238 g/mol. The number of hydrogen-bond donors (Lipinski definition) is 0. The summed E-state index contributed by atoms with van der Waals surface area (Å²) in [5, 5.41) is 8.75. The maximum Gasteiger partial charge on any atom is 0.0635 e. The first-order valence-corrected chi connectivity index (χ1v) is 7.30. The van der Waals surface area contributed by atoms with Crippen LogP contribution in [0.4, 0.5) is 0 Å². The van der Waals surface area contributed by atoms with Crippen molar-refractivity contribution in [2.24, 2.45) is 0 Å². The minimum Gasteiger partial charge on any atom is -0.297 e. The molecule has 0 aliphatic carbocycles. The van der Waals surface area contributed by atoms with E-state index < -0.39 is 0 Å². The number of nitrogens with zero attached hydrogens (tertiary/aromatic N) is 2. The molecule has 2 heteroatoms. The van der Waals surface area contributed by atoms with Crippen LogP contribution in [0.25, 0.3) is 0 Å². The van der Waals surface area contributed by atoms with Gasteiger partial charge in [0.25, 0.3) is 0 Å². The summed E-state index contributed by atoms with van der Waals surface area (Å²) in [4.78, 5) is 2.54. The van der Waals surface area contributed by atoms with Gasteiger partial charge < -0.3 is 0 Å². The van der Waals surface area contributed by atoms with Gasteiger partial charge in [0.1, 0.15) is 0 Å². The molecule has 2 nitrogen and oxygen atoms in total. The molecule has 0 saturated heterocycles. The third kappa shape index (κ3) is 7.39. The van der Waals surface area contributed by atoms with Crippen molar-refractivity contribution in [3.05, 3.63) is 0 Å². The Bertz CT molecular complexity index is 193. The Morgan fingerprint density at radius 1 is 1.00 bits per heavy atom. The first kappa shape index (κ1) is 16.4. The molecule has 0 radical (unpaired) electrons. The maximum absolute atomic E-state index is 8.75. The monoisotopic (exact) mass is 238 g/mol. The molecule has 0 bridgehead atoms. The van der Waals surface area contributed by atoms with Gasteiger partial charge in [-0.05, 0) is 26.7 Å². The number of hydrogen-bond acceptors (Lipinski definition) is 2. The van der Waals surface area contributed by atoms with E-state index in [0.717, 1.165) is 6.54 Å². The molecule has 0 aliphatic heterocycles. The van der Waals surface area contributed by atoms with Gasteiger partial charge in [0.05, 0.1) is 6.07 Å². The van der Waals surface area contributed by atoms with Crippen LogP contribution >= 0.6 is 0 Å². The molecule has 0 aromatic rings. The van der Waals surface area contributed by atoms with E-state index in [1.54, 1.807) is 0 Å². The van der Waals surface area contributed by atoms with Gasteiger partial charge in [-0.1, -0.05) is 39.5 Å². The fraction of sp³-hybridized carbons (Fsp3) is 0.933. The molecule has 0 aromatic carbocycles. The highest BCUT2D eigenvalue weighted by molar-refractivity contribution is 4.79. The summed E-state index contributed by atoms with van der Waals surface area (Å²) in [6, 6.07) is 3.52. The molecule has 0 fully saturated rings. The van der Waals surface area contributed by atoms with E-state index in [2.05, 4.69) is 38.7 Å². The second kappa shape index (κ2) is 10.6. The van der Waals surface area contributed by atoms with Crippen LogP contribution in [0.3, 0.4) is 0 Å². The fourth-order valence-electron chi connectivity index (χ4n) is 2.39. The van der Waals surface area contributed by atoms with Crippen molar-refractivity contribution in [3.8, 4) is 6.07 Å². The predicted octanol–water partition coefficient (Wildman–Crippen LogP) is 4.36. The Morgan fingerprint density at radius 2 is 1.47 bits per heavy atom. The van der Waals surface area contributed by atoms with Gasteiger partial charge in [-0.25, -0.2) is 0 Å². The van der Waals surface area contributed by atoms with Crippen LogP contribution in [0.1, 0.15) is 72.6 Å². The Balaban J connectivity index is 4.23. The molecule has 0 heterocycles. The van der Waals surface area contributed by atoms with E-state index in [-0.39, 0.29) is 0 Å². The highest BCUT2D eigenvalue weighted by Crippen LogP contribution is 2.16. The van der Waals surface area contributed by atoms with Crippen molar-refractivity contribution in [2.45, 2.75) is 84.7 Å². The maximum atomic E-state index is 8.75. The predicted molar refractivity (Wildman–Crippen MR) is 74.9 cm³/mol. The molecule has 17 heavy (non-hydrogen) atoms. The van der Waals surface area contributed by atoms with E-state index in [4.69, 9.17) is 5.26 Å². The minimum absolute atomic E-state index is 0.621. The first-order chi connectivity index (χ1) is 8.17. The zero-order chi connectivity index (χ0) is 13.1. The van der Waals surface area contributed by atoms with Crippen molar-refractivity contribution >= 4 is 0 Å². The van der Waals surface area contributed by atoms with Gasteiger partial charge in [0.15, 0.2) is 0 Å². The third-order valence-electron chi connectivity index (χ3n) is 3.57. The topological polar surface area (TPSA) is 27.0 Å². The van der Waals surface area contributed by atoms with Gasteiger partial charge in [-0.15, -0.1) is 0 Å². The van der Waals surface area contributed by atoms with Gasteiger partial charge in [0, 0.05) is 25.0 Å². The highest BCUT2D eigenvalue weighted by Gasteiger charge is 2.18. The molecule has 2 unspecified atom stereocenters. The molecule has 0 aromatic heterocycles. The summed E-state index contributed by atoms with van der Waals surface area (Å²) in [6.45, 7) is 10.1. The lowest BCUT2D eigenvalue weighted by Gasteiger charge is -2.34. The highest BCUT2D eigenvalue weighted by atomic mass is 15.2. The summed E-state index contributed by atoms with van der Waals surface area (Å²) in [7, 11) is 0. The number of nitriles is 1. The molecule has 0 rings (SSSR count). The minimum atomic E-state index is 0.621. The van der Waals surface area contributed by atoms with Crippen LogP contribution < -0.4 is 0 Å². The summed E-state index contributed by atoms with van der Waals surface area (Å²) < 4.78 is 0. The lowest BCUT2D eigenvalue weighted by molar-refractivity contribution is 0.139. The van der Waals surface area contributed by atoms with Crippen molar-refractivity contribution in [3.63, 3.8) is 0 Å². The van der Waals surface area contributed by atoms with Gasteiger partial charge in [0.2, 0.25) is 0 Å². The van der Waals surface area contributed by atoms with Crippen LogP contribution in [0.5, 0.6) is 0 Å². The lowest BCUT2D eigenvalue weighted by atomic mass is 10.0. The molecule has 0 saturated carbocycles. The van der Waals surface area contributed by atoms with Crippen molar-refractivity contribution in [1.29, 1.82) is 5.26 Å². The van der Waals surface area contributed by atoms with E-state index in [1.165, 1.54) is 38.5 Å². The first-order valence-electron chi connectivity index (χ1n) is 7.30. The number of rotatable bonds is 10. The number of unbranched alkanes of at least 4 members (excludes halogenated alkanes) is 2. The van der Waals surface area contributed by atoms with E-state index in [1.807, 2.05) is 0 Å². The second-order valence-electron chi connectivity index (χ2n) is 5.13. The van der Waals surface area contributed by atoms with Gasteiger partial charge >= 0.3 is 0 Å². The van der Waals surface area contributed by atoms with E-state index in [9.17, 15) is 0 Å². The standard InChI is InChI=1S/C15H30N2/c1-5-7-10-14(3)17(13-9-12-16)15(4)11-8-6-2/h14-15H,5-11,13H2,1-4H3. The lowest BCUT2D eigenvalue weighted by Crippen LogP contribution is -2.40. The smallest absolute Gasteiger partial charge is 0.0635 e. The van der Waals surface area contributed by atoms with Crippen LogP contribution in [0.2, 0.25) is 0 Å². The van der Waals surface area contributed by atoms with Gasteiger partial charge in [-0.2, -0.15) is 5.26 Å². The normalized spacial score (nSPS) is 14.6. The van der Waals surface area contributed by atoms with Crippen molar-refractivity contribution in [1.82, 2.24) is 4.90 Å². The Labute approximate surface area is 108 Å². The van der Waals surface area contributed by atoms with E-state index >= 15 is 0 Å². The molecule has 2 atom stereocenters. The molecular formula is C15H30N2. The van der Waals surface area contributed by atoms with Crippen molar-refractivity contribution in [2.75, 3.05) is 6.54 Å². The fourth-order valence-corrected chi connectivity index (χ4v) is 2.39. The Hall–Kier alpha value is -0.550. The molecule has 0 spiro atoms. The average Bonchev–Trinajstić information content (AvgIpc) is 2.34. The van der Waals surface area contributed by atoms with Gasteiger partial charge in [-0.3, -0.25) is 4.90 Å². The molecule has 0 N–H and O–H groups in total. The molecular weight excluding hydrogens is 208 g/mol.